The zero-order valence-electron chi connectivity index (χ0n) is 9.82. The van der Waals surface area contributed by atoms with Crippen LogP contribution in [-0.2, 0) is 0 Å². The second-order valence-corrected chi connectivity index (χ2v) is 4.08. The van der Waals surface area contributed by atoms with E-state index in [0.29, 0.717) is 0 Å². The molecule has 136 valence electrons. The molecule has 0 aromatic rings. The van der Waals surface area contributed by atoms with Gasteiger partial charge in [-0.3, -0.25) is 0 Å². The molecule has 0 unspecified atom stereocenters. The minimum atomic E-state index is -7.43. The lowest BCUT2D eigenvalue weighted by Crippen LogP contribution is -2.81. The number of halogens is 14. The first kappa shape index (κ1) is 19.6. The summed E-state index contributed by atoms with van der Waals surface area (Å²) in [7, 11) is 0. The van der Waals surface area contributed by atoms with Crippen molar-refractivity contribution in [3.8, 4) is 0 Å². The maximum Gasteiger partial charge on any atom is 0.401 e. The van der Waals surface area contributed by atoms with Crippen LogP contribution in [0.2, 0.25) is 0 Å². The Hall–Kier alpha value is -1.44. The van der Waals surface area contributed by atoms with Crippen molar-refractivity contribution in [3.63, 3.8) is 0 Å². The van der Waals surface area contributed by atoms with Gasteiger partial charge in [0.25, 0.3) is 6.43 Å². The van der Waals surface area contributed by atoms with E-state index in [4.69, 9.17) is 0 Å². The largest absolute Gasteiger partial charge is 0.401 e. The molecular weight excluding hydrogens is 376 g/mol. The van der Waals surface area contributed by atoms with Crippen LogP contribution >= 0.6 is 0 Å². The van der Waals surface area contributed by atoms with Crippen LogP contribution < -0.4 is 0 Å². The van der Waals surface area contributed by atoms with Crippen molar-refractivity contribution in [1.82, 2.24) is 4.90 Å². The Bertz CT molecular complexity index is 489. The third kappa shape index (κ3) is 2.07. The summed E-state index contributed by atoms with van der Waals surface area (Å²) in [5.41, 5.74) is 0. The van der Waals surface area contributed by atoms with Crippen LogP contribution in [0.1, 0.15) is 0 Å². The van der Waals surface area contributed by atoms with E-state index in [1.165, 1.54) is 0 Å². The quantitative estimate of drug-likeness (QED) is 0.495. The van der Waals surface area contributed by atoms with Crippen LogP contribution in [0.5, 0.6) is 0 Å². The molecule has 15 heteroatoms. The Kier molecular flexibility index (Phi) is 4.08. The zero-order chi connectivity index (χ0) is 18.8. The maximum absolute atomic E-state index is 13.1. The first-order valence-electron chi connectivity index (χ1n) is 4.91. The van der Waals surface area contributed by atoms with Gasteiger partial charge in [-0.15, -0.1) is 0 Å². The molecule has 1 heterocycles. The predicted octanol–water partition coefficient (Wildman–Crippen LogP) is 4.77. The minimum Gasteiger partial charge on any atom is -0.215 e. The molecule has 0 bridgehead atoms. The minimum absolute atomic E-state index is 3.42. The van der Waals surface area contributed by atoms with Gasteiger partial charge in [-0.05, 0) is 0 Å². The Labute approximate surface area is 116 Å². The fourth-order valence-electron chi connectivity index (χ4n) is 1.48. The van der Waals surface area contributed by atoms with Crippen molar-refractivity contribution in [1.29, 1.82) is 0 Å². The number of rotatable bonds is 2. The summed E-state index contributed by atoms with van der Waals surface area (Å²) in [4.78, 5) is -3.42. The molecule has 0 amide bonds. The topological polar surface area (TPSA) is 3.24 Å². The number of likely N-dealkylation sites (tertiary alicyclic amines) is 1. The lowest BCUT2D eigenvalue weighted by atomic mass is 9.93. The van der Waals surface area contributed by atoms with Gasteiger partial charge in [-0.25, -0.2) is 18.1 Å². The third-order valence-electron chi connectivity index (χ3n) is 2.69. The Morgan fingerprint density at radius 1 is 0.609 bits per heavy atom. The summed E-state index contributed by atoms with van der Waals surface area (Å²) in [6, 6.07) is -14.4. The van der Waals surface area contributed by atoms with Crippen LogP contribution in [0.15, 0.2) is 11.8 Å². The van der Waals surface area contributed by atoms with Gasteiger partial charge in [0.05, 0.1) is 0 Å². The van der Waals surface area contributed by atoms with E-state index in [-0.39, 0.29) is 0 Å². The van der Waals surface area contributed by atoms with Gasteiger partial charge in [0.1, 0.15) is 0 Å². The summed E-state index contributed by atoms with van der Waals surface area (Å²) in [5, 5.41) is 0. The van der Waals surface area contributed by atoms with Gasteiger partial charge in [0.15, 0.2) is 0 Å². The van der Waals surface area contributed by atoms with Crippen molar-refractivity contribution < 1.29 is 61.5 Å². The van der Waals surface area contributed by atoms with Crippen molar-refractivity contribution >= 4 is 0 Å². The molecule has 0 spiro atoms. The van der Waals surface area contributed by atoms with E-state index in [1.807, 2.05) is 0 Å². The van der Waals surface area contributed by atoms with Crippen LogP contribution in [-0.4, -0.2) is 41.2 Å². The van der Waals surface area contributed by atoms with Crippen LogP contribution in [0.3, 0.4) is 0 Å². The van der Waals surface area contributed by atoms with E-state index in [2.05, 4.69) is 0 Å². The molecule has 1 aliphatic rings. The van der Waals surface area contributed by atoms with E-state index in [0.717, 1.165) is 0 Å². The third-order valence-corrected chi connectivity index (χ3v) is 2.69. The fourth-order valence-corrected chi connectivity index (χ4v) is 1.48. The highest BCUT2D eigenvalue weighted by molar-refractivity contribution is 5.20. The molecule has 1 rings (SSSR count). The van der Waals surface area contributed by atoms with Crippen LogP contribution in [0, 0.1) is 0 Å². The highest BCUT2D eigenvalue weighted by Crippen LogP contribution is 2.65. The Morgan fingerprint density at radius 2 is 0.913 bits per heavy atom. The lowest BCUT2D eigenvalue weighted by molar-refractivity contribution is -0.502. The molecule has 1 fully saturated rings. The first-order valence-corrected chi connectivity index (χ1v) is 4.91. The Balaban J connectivity index is 3.80. The highest BCUT2D eigenvalue weighted by atomic mass is 19.4. The molecule has 0 aromatic heterocycles. The average molecular weight is 377 g/mol. The first-order chi connectivity index (χ1) is 9.89. The van der Waals surface area contributed by atoms with Crippen LogP contribution in [0.25, 0.3) is 0 Å². The molecule has 0 N–H and O–H groups in total. The van der Waals surface area contributed by atoms with E-state index < -0.39 is 53.0 Å². The van der Waals surface area contributed by atoms with E-state index >= 15 is 0 Å². The molecule has 23 heavy (non-hydrogen) atoms. The number of hydrogen-bond donors (Lipinski definition) is 0. The van der Waals surface area contributed by atoms with Gasteiger partial charge in [0, 0.05) is 0 Å². The zero-order valence-corrected chi connectivity index (χ0v) is 9.82. The molecule has 0 radical (unpaired) electrons. The Morgan fingerprint density at radius 3 is 1.17 bits per heavy atom. The molecule has 0 atom stereocenters. The number of piperidine rings is 1. The van der Waals surface area contributed by atoms with Crippen LogP contribution in [0.4, 0.5) is 61.5 Å². The standard InChI is InChI=1S/C8HF14N/c9-1(2(10)11)3(12)23-7(19,20)5(15,16)4(13,14)6(17,18)8(23,21)22/h2H/b3-1-. The molecular formula is C8HF14N. The number of nitrogens with zero attached hydrogens (tertiary/aromatic N) is 1. The highest BCUT2D eigenvalue weighted by Gasteiger charge is 2.95. The van der Waals surface area contributed by atoms with E-state index in [1.54, 1.807) is 0 Å². The average Bonchev–Trinajstić information content (AvgIpc) is 2.34. The smallest absolute Gasteiger partial charge is 0.215 e. The van der Waals surface area contributed by atoms with Crippen molar-refractivity contribution in [2.75, 3.05) is 0 Å². The number of alkyl halides is 12. The SMILES string of the molecule is F/C(=C(/F)N1C(F)(F)C(F)(F)C(F)(F)C(F)(F)C1(F)F)C(F)F. The summed E-state index contributed by atoms with van der Waals surface area (Å²) in [5.74, 6) is -30.3. The van der Waals surface area contributed by atoms with Gasteiger partial charge in [0.2, 0.25) is 11.8 Å². The number of hydrogen-bond acceptors (Lipinski definition) is 1. The van der Waals surface area contributed by atoms with Crippen molar-refractivity contribution in [2.45, 2.75) is 36.3 Å². The van der Waals surface area contributed by atoms with Crippen molar-refractivity contribution in [2.24, 2.45) is 0 Å². The fraction of sp³-hybridized carbons (Fsp3) is 0.750. The van der Waals surface area contributed by atoms with E-state index in [9.17, 15) is 61.5 Å². The van der Waals surface area contributed by atoms with Gasteiger partial charge in [-0.2, -0.15) is 48.3 Å². The molecule has 0 aromatic carbocycles. The molecule has 1 saturated heterocycles. The summed E-state index contributed by atoms with van der Waals surface area (Å²) >= 11 is 0. The molecule has 1 aliphatic heterocycles. The van der Waals surface area contributed by atoms with Gasteiger partial charge >= 0.3 is 29.9 Å². The lowest BCUT2D eigenvalue weighted by Gasteiger charge is -2.51. The van der Waals surface area contributed by atoms with Gasteiger partial charge < -0.3 is 0 Å². The van der Waals surface area contributed by atoms with Gasteiger partial charge in [-0.1, -0.05) is 0 Å². The second kappa shape index (κ2) is 4.78. The molecule has 0 saturated carbocycles. The predicted molar refractivity (Wildman–Crippen MR) is 41.8 cm³/mol. The summed E-state index contributed by atoms with van der Waals surface area (Å²) < 4.78 is 178. The van der Waals surface area contributed by atoms with Crippen molar-refractivity contribution in [3.05, 3.63) is 11.8 Å². The molecule has 1 nitrogen and oxygen atoms in total. The second-order valence-electron chi connectivity index (χ2n) is 4.08. The molecule has 0 aliphatic carbocycles. The monoisotopic (exact) mass is 377 g/mol. The normalized spacial score (nSPS) is 28.6. The maximum atomic E-state index is 13.1. The summed E-state index contributed by atoms with van der Waals surface area (Å²) in [6.07, 6.45) is -4.80. The number of allylic oxidation sites excluding steroid dienone is 1. The summed E-state index contributed by atoms with van der Waals surface area (Å²) in [6.45, 7) is 0.